The van der Waals surface area contributed by atoms with Gasteiger partial charge in [-0.05, 0) is 55.0 Å². The zero-order valence-corrected chi connectivity index (χ0v) is 15.5. The normalized spacial score (nSPS) is 10.0. The van der Waals surface area contributed by atoms with Gasteiger partial charge in [-0.2, -0.15) is 0 Å². The first-order chi connectivity index (χ1) is 11.8. The molecule has 0 unspecified atom stereocenters. The number of benzene rings is 2. The summed E-state index contributed by atoms with van der Waals surface area (Å²) in [5.74, 6) is 0.157. The van der Waals surface area contributed by atoms with Crippen LogP contribution in [0.25, 0.3) is 0 Å². The molecule has 0 saturated heterocycles. The van der Waals surface area contributed by atoms with E-state index in [0.717, 1.165) is 10.0 Å². The van der Waals surface area contributed by atoms with Crippen molar-refractivity contribution in [1.29, 1.82) is 0 Å². The molecule has 130 valence electrons. The topological polar surface area (TPSA) is 93.5 Å². The fourth-order valence-corrected chi connectivity index (χ4v) is 2.33. The van der Waals surface area contributed by atoms with Crippen molar-refractivity contribution in [2.24, 2.45) is 0 Å². The molecule has 0 aliphatic carbocycles. The number of thiocarbonyl (C=S) groups is 1. The highest BCUT2D eigenvalue weighted by Crippen LogP contribution is 2.21. The molecule has 0 aromatic heterocycles. The highest BCUT2D eigenvalue weighted by molar-refractivity contribution is 9.10. The molecule has 0 saturated carbocycles. The monoisotopic (exact) mass is 423 g/mol. The molecule has 2 aromatic rings. The molecule has 0 bridgehead atoms. The van der Waals surface area contributed by atoms with Crippen LogP contribution in [0.1, 0.15) is 5.56 Å². The van der Waals surface area contributed by atoms with Crippen molar-refractivity contribution in [1.82, 2.24) is 5.32 Å². The van der Waals surface area contributed by atoms with Crippen LogP contribution in [-0.2, 0) is 4.79 Å². The van der Waals surface area contributed by atoms with Crippen molar-refractivity contribution in [3.05, 3.63) is 62.6 Å². The van der Waals surface area contributed by atoms with Gasteiger partial charge in [-0.3, -0.25) is 20.2 Å². The van der Waals surface area contributed by atoms with Gasteiger partial charge in [0.1, 0.15) is 5.75 Å². The van der Waals surface area contributed by atoms with Gasteiger partial charge in [0.25, 0.3) is 11.6 Å². The molecule has 0 aliphatic heterocycles. The molecular formula is C16H14BrN3O4S. The number of rotatable bonds is 5. The van der Waals surface area contributed by atoms with Crippen molar-refractivity contribution in [3.8, 4) is 5.75 Å². The second-order valence-electron chi connectivity index (χ2n) is 5.01. The summed E-state index contributed by atoms with van der Waals surface area (Å²) < 4.78 is 6.36. The highest BCUT2D eigenvalue weighted by Gasteiger charge is 2.08. The van der Waals surface area contributed by atoms with Crippen molar-refractivity contribution < 1.29 is 14.5 Å². The van der Waals surface area contributed by atoms with Crippen molar-refractivity contribution in [2.45, 2.75) is 6.92 Å². The van der Waals surface area contributed by atoms with Gasteiger partial charge in [0.05, 0.1) is 4.92 Å². The molecule has 2 N–H and O–H groups in total. The quantitative estimate of drug-likeness (QED) is 0.433. The lowest BCUT2D eigenvalue weighted by atomic mass is 10.2. The number of amides is 1. The number of nitro benzene ring substituents is 1. The van der Waals surface area contributed by atoms with E-state index < -0.39 is 10.8 Å². The van der Waals surface area contributed by atoms with Crippen LogP contribution in [0.2, 0.25) is 0 Å². The maximum Gasteiger partial charge on any atom is 0.269 e. The zero-order valence-electron chi connectivity index (χ0n) is 13.1. The van der Waals surface area contributed by atoms with E-state index in [1.807, 2.05) is 19.1 Å². The van der Waals surface area contributed by atoms with Gasteiger partial charge in [-0.15, -0.1) is 0 Å². The molecule has 0 heterocycles. The van der Waals surface area contributed by atoms with Gasteiger partial charge < -0.3 is 10.1 Å². The average Bonchev–Trinajstić information content (AvgIpc) is 2.56. The van der Waals surface area contributed by atoms with Crippen molar-refractivity contribution >= 4 is 50.5 Å². The highest BCUT2D eigenvalue weighted by atomic mass is 79.9. The Hall–Kier alpha value is -2.52. The Morgan fingerprint density at radius 1 is 1.28 bits per heavy atom. The third-order valence-corrected chi connectivity index (χ3v) is 4.18. The first kappa shape index (κ1) is 18.8. The molecule has 0 fully saturated rings. The number of hydrogen-bond acceptors (Lipinski definition) is 5. The Morgan fingerprint density at radius 2 is 1.96 bits per heavy atom. The van der Waals surface area contributed by atoms with Gasteiger partial charge in [0.15, 0.2) is 11.7 Å². The van der Waals surface area contributed by atoms with Crippen molar-refractivity contribution in [3.63, 3.8) is 0 Å². The van der Waals surface area contributed by atoms with Crippen LogP contribution >= 0.6 is 28.1 Å². The maximum absolute atomic E-state index is 11.9. The van der Waals surface area contributed by atoms with E-state index in [2.05, 4.69) is 26.6 Å². The number of nitrogens with one attached hydrogen (secondary N) is 2. The van der Waals surface area contributed by atoms with E-state index in [1.165, 1.54) is 24.3 Å². The Bertz CT molecular complexity index is 812. The predicted octanol–water partition coefficient (Wildman–Crippen LogP) is 3.56. The first-order valence-electron chi connectivity index (χ1n) is 7.09. The lowest BCUT2D eigenvalue weighted by Gasteiger charge is -2.11. The fraction of sp³-hybridized carbons (Fsp3) is 0.125. The van der Waals surface area contributed by atoms with E-state index in [9.17, 15) is 14.9 Å². The number of ether oxygens (including phenoxy) is 1. The van der Waals surface area contributed by atoms with Crippen LogP contribution < -0.4 is 15.4 Å². The molecule has 9 heteroatoms. The molecule has 25 heavy (non-hydrogen) atoms. The summed E-state index contributed by atoms with van der Waals surface area (Å²) in [5, 5.41) is 15.9. The molecule has 1 amide bonds. The second kappa shape index (κ2) is 8.54. The summed E-state index contributed by atoms with van der Waals surface area (Å²) in [6, 6.07) is 11.1. The standard InChI is InChI=1S/C16H14BrN3O4S/c1-10-8-13(6-7-14(10)17)24-9-15(21)19-16(25)18-11-2-4-12(5-3-11)20(22)23/h2-8H,9H2,1H3,(H2,18,19,21,25). The molecule has 0 radical (unpaired) electrons. The summed E-state index contributed by atoms with van der Waals surface area (Å²) in [4.78, 5) is 21.9. The summed E-state index contributed by atoms with van der Waals surface area (Å²) in [6.07, 6.45) is 0. The number of halogens is 1. The number of carbonyl (C=O) groups is 1. The fourth-order valence-electron chi connectivity index (χ4n) is 1.85. The first-order valence-corrected chi connectivity index (χ1v) is 8.29. The maximum atomic E-state index is 11.9. The van der Waals surface area contributed by atoms with Gasteiger partial charge in [-0.25, -0.2) is 0 Å². The summed E-state index contributed by atoms with van der Waals surface area (Å²) in [7, 11) is 0. The largest absolute Gasteiger partial charge is 0.484 e. The van der Waals surface area contributed by atoms with Gasteiger partial charge in [0.2, 0.25) is 0 Å². The SMILES string of the molecule is Cc1cc(OCC(=O)NC(=S)Nc2ccc([N+](=O)[O-])cc2)ccc1Br. The molecule has 2 rings (SSSR count). The lowest BCUT2D eigenvalue weighted by molar-refractivity contribution is -0.384. The smallest absolute Gasteiger partial charge is 0.269 e. The Morgan fingerprint density at radius 3 is 2.56 bits per heavy atom. The minimum Gasteiger partial charge on any atom is -0.484 e. The second-order valence-corrected chi connectivity index (χ2v) is 6.27. The van der Waals surface area contributed by atoms with E-state index in [0.29, 0.717) is 11.4 Å². The summed E-state index contributed by atoms with van der Waals surface area (Å²) in [5.41, 5.74) is 1.49. The Kier molecular flexibility index (Phi) is 6.43. The molecule has 0 aliphatic rings. The molecule has 2 aromatic carbocycles. The summed E-state index contributed by atoms with van der Waals surface area (Å²) >= 11 is 8.42. The van der Waals surface area contributed by atoms with Crippen LogP contribution in [-0.4, -0.2) is 22.5 Å². The number of nitrogens with zero attached hydrogens (tertiary/aromatic N) is 1. The third-order valence-electron chi connectivity index (χ3n) is 3.09. The van der Waals surface area contributed by atoms with E-state index >= 15 is 0 Å². The van der Waals surface area contributed by atoms with Crippen LogP contribution in [0.5, 0.6) is 5.75 Å². The molecule has 0 atom stereocenters. The lowest BCUT2D eigenvalue weighted by Crippen LogP contribution is -2.37. The minimum atomic E-state index is -0.495. The van der Waals surface area contributed by atoms with E-state index in [-0.39, 0.29) is 17.4 Å². The van der Waals surface area contributed by atoms with E-state index in [1.54, 1.807) is 6.07 Å². The Labute approximate surface area is 157 Å². The van der Waals surface area contributed by atoms with Gasteiger partial charge >= 0.3 is 0 Å². The van der Waals surface area contributed by atoms with Gasteiger partial charge in [0, 0.05) is 22.3 Å². The number of carbonyl (C=O) groups excluding carboxylic acids is 1. The number of non-ortho nitro benzene ring substituents is 1. The number of hydrogen-bond donors (Lipinski definition) is 2. The molecular weight excluding hydrogens is 410 g/mol. The predicted molar refractivity (Wildman–Crippen MR) is 102 cm³/mol. The number of anilines is 1. The van der Waals surface area contributed by atoms with Gasteiger partial charge in [-0.1, -0.05) is 15.9 Å². The Balaban J connectivity index is 1.82. The van der Waals surface area contributed by atoms with E-state index in [4.69, 9.17) is 17.0 Å². The average molecular weight is 424 g/mol. The summed E-state index contributed by atoms with van der Waals surface area (Å²) in [6.45, 7) is 1.73. The third kappa shape index (κ3) is 5.80. The number of aryl methyl sites for hydroxylation is 1. The minimum absolute atomic E-state index is 0.0290. The molecule has 7 nitrogen and oxygen atoms in total. The van der Waals surface area contributed by atoms with Crippen LogP contribution in [0.3, 0.4) is 0 Å². The van der Waals surface area contributed by atoms with Crippen LogP contribution in [0, 0.1) is 17.0 Å². The molecule has 0 spiro atoms. The number of nitro groups is 1. The van der Waals surface area contributed by atoms with Crippen LogP contribution in [0.4, 0.5) is 11.4 Å². The zero-order chi connectivity index (χ0) is 18.4. The van der Waals surface area contributed by atoms with Crippen molar-refractivity contribution in [2.75, 3.05) is 11.9 Å². The van der Waals surface area contributed by atoms with Crippen LogP contribution in [0.15, 0.2) is 46.9 Å².